The molecule has 1 saturated carbocycles. The second kappa shape index (κ2) is 11.4. The lowest BCUT2D eigenvalue weighted by Gasteiger charge is -2.15. The first-order valence-corrected chi connectivity index (χ1v) is 12.4. The molecular weight excluding hydrogens is 468 g/mol. The van der Waals surface area contributed by atoms with Gasteiger partial charge in [-0.05, 0) is 49.9 Å². The SMILES string of the molecule is O=C(Cn1c(=O)n(CCCCC(=O)NC2CCCC2)c(=O)c2ccccc21)Nc1ccccc1Cl. The van der Waals surface area contributed by atoms with Gasteiger partial charge in [0.1, 0.15) is 6.54 Å². The second-order valence-electron chi connectivity index (χ2n) is 8.88. The fourth-order valence-electron chi connectivity index (χ4n) is 4.54. The average molecular weight is 497 g/mol. The zero-order chi connectivity index (χ0) is 24.8. The van der Waals surface area contributed by atoms with E-state index in [1.807, 2.05) is 0 Å². The molecule has 0 aliphatic heterocycles. The molecule has 1 heterocycles. The monoisotopic (exact) mass is 496 g/mol. The third kappa shape index (κ3) is 6.00. The third-order valence-corrected chi connectivity index (χ3v) is 6.67. The second-order valence-corrected chi connectivity index (χ2v) is 9.28. The quantitative estimate of drug-likeness (QED) is 0.441. The molecule has 8 nitrogen and oxygen atoms in total. The summed E-state index contributed by atoms with van der Waals surface area (Å²) in [6, 6.07) is 13.8. The molecule has 3 aromatic rings. The van der Waals surface area contributed by atoms with Crippen molar-refractivity contribution in [2.75, 3.05) is 5.32 Å². The lowest BCUT2D eigenvalue weighted by molar-refractivity contribution is -0.122. The number of halogens is 1. The number of carbonyl (C=O) groups is 2. The van der Waals surface area contributed by atoms with Crippen molar-refractivity contribution >= 4 is 40.0 Å². The molecule has 2 amide bonds. The zero-order valence-corrected chi connectivity index (χ0v) is 20.2. The van der Waals surface area contributed by atoms with Gasteiger partial charge in [-0.1, -0.05) is 48.7 Å². The molecule has 0 bridgehead atoms. The van der Waals surface area contributed by atoms with Crippen molar-refractivity contribution in [3.63, 3.8) is 0 Å². The molecule has 1 aromatic heterocycles. The van der Waals surface area contributed by atoms with E-state index in [2.05, 4.69) is 10.6 Å². The van der Waals surface area contributed by atoms with Crippen LogP contribution in [0.3, 0.4) is 0 Å². The van der Waals surface area contributed by atoms with Crippen molar-refractivity contribution in [3.05, 3.63) is 74.4 Å². The summed E-state index contributed by atoms with van der Waals surface area (Å²) in [4.78, 5) is 51.2. The van der Waals surface area contributed by atoms with Crippen molar-refractivity contribution in [1.82, 2.24) is 14.5 Å². The Hall–Kier alpha value is -3.39. The van der Waals surface area contributed by atoms with Gasteiger partial charge in [-0.25, -0.2) is 4.79 Å². The van der Waals surface area contributed by atoms with Gasteiger partial charge < -0.3 is 10.6 Å². The van der Waals surface area contributed by atoms with E-state index in [1.165, 1.54) is 4.57 Å². The number of para-hydroxylation sites is 2. The Kier molecular flexibility index (Phi) is 8.02. The third-order valence-electron chi connectivity index (χ3n) is 6.34. The smallest absolute Gasteiger partial charge is 0.331 e. The van der Waals surface area contributed by atoms with Gasteiger partial charge in [-0.15, -0.1) is 0 Å². The Morgan fingerprint density at radius 3 is 2.40 bits per heavy atom. The Balaban J connectivity index is 1.48. The lowest BCUT2D eigenvalue weighted by atomic mass is 10.2. The number of nitrogens with zero attached hydrogens (tertiary/aromatic N) is 2. The molecule has 0 unspecified atom stereocenters. The molecule has 1 aliphatic rings. The number of hydrogen-bond donors (Lipinski definition) is 2. The molecule has 1 aliphatic carbocycles. The summed E-state index contributed by atoms with van der Waals surface area (Å²) in [5.41, 5.74) is -0.119. The summed E-state index contributed by atoms with van der Waals surface area (Å²) in [5, 5.41) is 6.52. The lowest BCUT2D eigenvalue weighted by Crippen LogP contribution is -2.41. The molecule has 0 spiro atoms. The highest BCUT2D eigenvalue weighted by Crippen LogP contribution is 2.20. The normalized spacial score (nSPS) is 13.7. The van der Waals surface area contributed by atoms with Gasteiger partial charge in [-0.2, -0.15) is 0 Å². The van der Waals surface area contributed by atoms with Gasteiger partial charge >= 0.3 is 5.69 Å². The summed E-state index contributed by atoms with van der Waals surface area (Å²) in [7, 11) is 0. The minimum Gasteiger partial charge on any atom is -0.353 e. The average Bonchev–Trinajstić information content (AvgIpc) is 3.35. The van der Waals surface area contributed by atoms with E-state index < -0.39 is 17.2 Å². The first kappa shape index (κ1) is 24.7. The van der Waals surface area contributed by atoms with E-state index in [0.29, 0.717) is 40.9 Å². The van der Waals surface area contributed by atoms with Crippen molar-refractivity contribution in [2.45, 2.75) is 64.1 Å². The first-order valence-electron chi connectivity index (χ1n) is 12.0. The van der Waals surface area contributed by atoms with Crippen molar-refractivity contribution in [1.29, 1.82) is 0 Å². The molecule has 1 fully saturated rings. The molecule has 4 rings (SSSR count). The molecule has 2 N–H and O–H groups in total. The molecule has 2 aromatic carbocycles. The summed E-state index contributed by atoms with van der Waals surface area (Å²) in [5.74, 6) is -0.421. The minimum atomic E-state index is -0.557. The van der Waals surface area contributed by atoms with E-state index in [1.54, 1.807) is 48.5 Å². The van der Waals surface area contributed by atoms with Crippen LogP contribution in [0.25, 0.3) is 10.9 Å². The highest BCUT2D eigenvalue weighted by molar-refractivity contribution is 6.33. The number of carbonyl (C=O) groups excluding carboxylic acids is 2. The number of rotatable bonds is 9. The van der Waals surface area contributed by atoms with Crippen LogP contribution >= 0.6 is 11.6 Å². The van der Waals surface area contributed by atoms with Crippen molar-refractivity contribution in [2.24, 2.45) is 0 Å². The van der Waals surface area contributed by atoms with Crippen molar-refractivity contribution < 1.29 is 9.59 Å². The Morgan fingerprint density at radius 1 is 0.914 bits per heavy atom. The standard InChI is InChI=1S/C26H29ClN4O4/c27-20-12-4-5-13-21(20)29-24(33)17-31-22-14-6-3-11-19(22)25(34)30(26(31)35)16-8-7-15-23(32)28-18-9-1-2-10-18/h3-6,11-14,18H,1-2,7-10,15-17H2,(H,28,32)(H,29,33). The minimum absolute atomic E-state index is 0.0106. The summed E-state index contributed by atoms with van der Waals surface area (Å²) in [6.45, 7) is -0.0972. The molecule has 0 atom stereocenters. The summed E-state index contributed by atoms with van der Waals surface area (Å²) < 4.78 is 2.45. The Morgan fingerprint density at radius 2 is 1.63 bits per heavy atom. The van der Waals surface area contributed by atoms with E-state index >= 15 is 0 Å². The maximum absolute atomic E-state index is 13.3. The van der Waals surface area contributed by atoms with Crippen LogP contribution in [0.5, 0.6) is 0 Å². The fraction of sp³-hybridized carbons (Fsp3) is 0.385. The van der Waals surface area contributed by atoms with Crippen LogP contribution in [0.15, 0.2) is 58.1 Å². The first-order chi connectivity index (χ1) is 16.9. The maximum Gasteiger partial charge on any atom is 0.331 e. The number of anilines is 1. The van der Waals surface area contributed by atoms with Crippen LogP contribution in [0.1, 0.15) is 44.9 Å². The molecule has 0 radical (unpaired) electrons. The topological polar surface area (TPSA) is 102 Å². The van der Waals surface area contributed by atoms with Crippen LogP contribution in [0, 0.1) is 0 Å². The largest absolute Gasteiger partial charge is 0.353 e. The fourth-order valence-corrected chi connectivity index (χ4v) is 4.73. The predicted molar refractivity (Wildman–Crippen MR) is 137 cm³/mol. The summed E-state index contributed by atoms with van der Waals surface area (Å²) >= 11 is 6.13. The number of amides is 2. The molecule has 9 heteroatoms. The van der Waals surface area contributed by atoms with Gasteiger partial charge in [0.2, 0.25) is 11.8 Å². The number of fused-ring (bicyclic) bond motifs is 1. The Bertz CT molecular complexity index is 1340. The highest BCUT2D eigenvalue weighted by Gasteiger charge is 2.18. The predicted octanol–water partition coefficient (Wildman–Crippen LogP) is 3.68. The van der Waals surface area contributed by atoms with E-state index in [-0.39, 0.29) is 25.0 Å². The molecule has 35 heavy (non-hydrogen) atoms. The van der Waals surface area contributed by atoms with Crippen LogP contribution < -0.4 is 21.9 Å². The number of hydrogen-bond acceptors (Lipinski definition) is 4. The Labute approximate surface area is 207 Å². The number of nitrogens with one attached hydrogen (secondary N) is 2. The molecular formula is C26H29ClN4O4. The van der Waals surface area contributed by atoms with E-state index in [9.17, 15) is 19.2 Å². The number of unbranched alkanes of at least 4 members (excludes halogenated alkanes) is 1. The van der Waals surface area contributed by atoms with Crippen LogP contribution in [0.4, 0.5) is 5.69 Å². The summed E-state index contributed by atoms with van der Waals surface area (Å²) in [6.07, 6.45) is 5.77. The maximum atomic E-state index is 13.3. The zero-order valence-electron chi connectivity index (χ0n) is 19.5. The van der Waals surface area contributed by atoms with Gasteiger partial charge in [0.25, 0.3) is 5.56 Å². The number of benzene rings is 2. The van der Waals surface area contributed by atoms with E-state index in [4.69, 9.17) is 11.6 Å². The molecule has 184 valence electrons. The van der Waals surface area contributed by atoms with Crippen LogP contribution in [-0.2, 0) is 22.7 Å². The van der Waals surface area contributed by atoms with E-state index in [0.717, 1.165) is 30.3 Å². The van der Waals surface area contributed by atoms with Crippen LogP contribution in [-0.4, -0.2) is 27.0 Å². The molecule has 0 saturated heterocycles. The van der Waals surface area contributed by atoms with Gasteiger partial charge in [-0.3, -0.25) is 23.5 Å². The highest BCUT2D eigenvalue weighted by atomic mass is 35.5. The van der Waals surface area contributed by atoms with Gasteiger partial charge in [0.05, 0.1) is 21.6 Å². The van der Waals surface area contributed by atoms with Crippen LogP contribution in [0.2, 0.25) is 5.02 Å². The van der Waals surface area contributed by atoms with Gasteiger partial charge in [0, 0.05) is 19.0 Å². The van der Waals surface area contributed by atoms with Crippen molar-refractivity contribution in [3.8, 4) is 0 Å². The van der Waals surface area contributed by atoms with Gasteiger partial charge in [0.15, 0.2) is 0 Å². The number of aromatic nitrogens is 2.